The third-order valence-electron chi connectivity index (χ3n) is 4.06. The molecule has 8 heteroatoms. The van der Waals surface area contributed by atoms with Crippen molar-refractivity contribution in [3.63, 3.8) is 0 Å². The van der Waals surface area contributed by atoms with Gasteiger partial charge >= 0.3 is 0 Å². The molecule has 0 unspecified atom stereocenters. The molecule has 0 aliphatic rings. The lowest BCUT2D eigenvalue weighted by Crippen LogP contribution is -2.30. The molecule has 0 radical (unpaired) electrons. The quantitative estimate of drug-likeness (QED) is 0.707. The molecular formula is C19H25N3O4S. The Labute approximate surface area is 160 Å². The zero-order valence-electron chi connectivity index (χ0n) is 15.8. The lowest BCUT2D eigenvalue weighted by molar-refractivity contribution is -0.123. The molecule has 1 amide bonds. The van der Waals surface area contributed by atoms with E-state index in [1.165, 1.54) is 10.4 Å². The normalized spacial score (nSPS) is 11.4. The molecule has 7 nitrogen and oxygen atoms in total. The van der Waals surface area contributed by atoms with Gasteiger partial charge in [0.15, 0.2) is 6.61 Å². The third-order valence-corrected chi connectivity index (χ3v) is 6.11. The number of nitrogens with one attached hydrogen (secondary N) is 1. The second-order valence-corrected chi connectivity index (χ2v) is 7.88. The molecule has 1 aromatic carbocycles. The van der Waals surface area contributed by atoms with Gasteiger partial charge in [-0.3, -0.25) is 9.78 Å². The van der Waals surface area contributed by atoms with E-state index in [1.807, 2.05) is 6.07 Å². The maximum absolute atomic E-state index is 12.6. The predicted octanol–water partition coefficient (Wildman–Crippen LogP) is 2.12. The van der Waals surface area contributed by atoms with Gasteiger partial charge in [-0.1, -0.05) is 19.9 Å². The number of aromatic nitrogens is 1. The van der Waals surface area contributed by atoms with Crippen molar-refractivity contribution in [2.45, 2.75) is 32.2 Å². The van der Waals surface area contributed by atoms with Crippen LogP contribution >= 0.6 is 0 Å². The maximum atomic E-state index is 12.6. The van der Waals surface area contributed by atoms with Crippen molar-refractivity contribution in [1.29, 1.82) is 0 Å². The SMILES string of the molecule is CCN(CC)S(=O)(=O)c1ccc(OCC(=O)NCc2cccnc2)c(C)c1. The Kier molecular flexibility index (Phi) is 7.32. The zero-order chi connectivity index (χ0) is 19.9. The molecule has 1 heterocycles. The number of amides is 1. The first-order chi connectivity index (χ1) is 12.9. The van der Waals surface area contributed by atoms with E-state index in [2.05, 4.69) is 10.3 Å². The molecule has 0 bridgehead atoms. The summed E-state index contributed by atoms with van der Waals surface area (Å²) in [5.41, 5.74) is 1.55. The van der Waals surface area contributed by atoms with E-state index in [0.29, 0.717) is 30.9 Å². The minimum Gasteiger partial charge on any atom is -0.484 e. The van der Waals surface area contributed by atoms with Gasteiger partial charge in [0.25, 0.3) is 5.91 Å². The molecule has 0 spiro atoms. The second-order valence-electron chi connectivity index (χ2n) is 5.94. The highest BCUT2D eigenvalue weighted by Gasteiger charge is 2.22. The zero-order valence-corrected chi connectivity index (χ0v) is 16.6. The van der Waals surface area contributed by atoms with Crippen molar-refractivity contribution in [3.05, 3.63) is 53.9 Å². The van der Waals surface area contributed by atoms with Gasteiger partial charge in [0.2, 0.25) is 10.0 Å². The van der Waals surface area contributed by atoms with Crippen LogP contribution in [0.1, 0.15) is 25.0 Å². The second kappa shape index (κ2) is 9.48. The van der Waals surface area contributed by atoms with E-state index in [-0.39, 0.29) is 17.4 Å². The fourth-order valence-electron chi connectivity index (χ4n) is 2.55. The van der Waals surface area contributed by atoms with Crippen LogP contribution in [0.2, 0.25) is 0 Å². The van der Waals surface area contributed by atoms with Gasteiger partial charge in [0.05, 0.1) is 4.90 Å². The van der Waals surface area contributed by atoms with Gasteiger partial charge in [-0.2, -0.15) is 4.31 Å². The van der Waals surface area contributed by atoms with Crippen molar-refractivity contribution in [3.8, 4) is 5.75 Å². The summed E-state index contributed by atoms with van der Waals surface area (Å²) in [6.07, 6.45) is 3.35. The van der Waals surface area contributed by atoms with Gasteiger partial charge in [0, 0.05) is 32.0 Å². The van der Waals surface area contributed by atoms with Crippen LogP contribution in [0.4, 0.5) is 0 Å². The van der Waals surface area contributed by atoms with Gasteiger partial charge in [-0.25, -0.2) is 8.42 Å². The van der Waals surface area contributed by atoms with Crippen LogP contribution in [-0.4, -0.2) is 43.3 Å². The smallest absolute Gasteiger partial charge is 0.258 e. The molecule has 2 rings (SSSR count). The Morgan fingerprint density at radius 2 is 1.96 bits per heavy atom. The first-order valence-corrected chi connectivity index (χ1v) is 10.2. The minimum atomic E-state index is -3.52. The number of rotatable bonds is 9. The van der Waals surface area contributed by atoms with Gasteiger partial charge in [-0.05, 0) is 42.3 Å². The number of ether oxygens (including phenoxy) is 1. The Bertz CT molecular complexity index is 866. The third kappa shape index (κ3) is 5.51. The lowest BCUT2D eigenvalue weighted by atomic mass is 10.2. The van der Waals surface area contributed by atoms with Crippen LogP contribution in [0, 0.1) is 6.92 Å². The first-order valence-electron chi connectivity index (χ1n) is 8.77. The number of sulfonamides is 1. The predicted molar refractivity (Wildman–Crippen MR) is 103 cm³/mol. The van der Waals surface area contributed by atoms with E-state index in [9.17, 15) is 13.2 Å². The highest BCUT2D eigenvalue weighted by molar-refractivity contribution is 7.89. The molecule has 2 aromatic rings. The first kappa shape index (κ1) is 20.9. The van der Waals surface area contributed by atoms with Crippen molar-refractivity contribution < 1.29 is 17.9 Å². The largest absolute Gasteiger partial charge is 0.484 e. The summed E-state index contributed by atoms with van der Waals surface area (Å²) in [5, 5.41) is 2.75. The number of hydrogen-bond acceptors (Lipinski definition) is 5. The standard InChI is InChI=1S/C19H25N3O4S/c1-4-22(5-2)27(24,25)17-8-9-18(15(3)11-17)26-14-19(23)21-13-16-7-6-10-20-12-16/h6-12H,4-5,13-14H2,1-3H3,(H,21,23). The topological polar surface area (TPSA) is 88.6 Å². The number of carbonyl (C=O) groups is 1. The molecule has 1 aromatic heterocycles. The highest BCUT2D eigenvalue weighted by atomic mass is 32.2. The number of benzene rings is 1. The molecule has 0 saturated carbocycles. The fourth-order valence-corrected chi connectivity index (χ4v) is 4.10. The number of carbonyl (C=O) groups excluding carboxylic acids is 1. The Hall–Kier alpha value is -2.45. The van der Waals surface area contributed by atoms with Gasteiger partial charge in [0.1, 0.15) is 5.75 Å². The Morgan fingerprint density at radius 3 is 2.56 bits per heavy atom. The van der Waals surface area contributed by atoms with E-state index in [4.69, 9.17) is 4.74 Å². The number of pyridine rings is 1. The molecule has 0 atom stereocenters. The summed E-state index contributed by atoms with van der Waals surface area (Å²) < 4.78 is 32.0. The Morgan fingerprint density at radius 1 is 1.22 bits per heavy atom. The lowest BCUT2D eigenvalue weighted by Gasteiger charge is -2.19. The molecule has 0 aliphatic carbocycles. The van der Waals surface area contributed by atoms with Crippen LogP contribution in [0.25, 0.3) is 0 Å². The molecule has 27 heavy (non-hydrogen) atoms. The minimum absolute atomic E-state index is 0.150. The molecule has 0 aliphatic heterocycles. The van der Waals surface area contributed by atoms with Crippen molar-refractivity contribution in [1.82, 2.24) is 14.6 Å². The van der Waals surface area contributed by atoms with Crippen LogP contribution in [0.3, 0.4) is 0 Å². The van der Waals surface area contributed by atoms with E-state index in [1.54, 1.807) is 51.4 Å². The number of hydrogen-bond donors (Lipinski definition) is 1. The molecule has 0 fully saturated rings. The molecule has 0 saturated heterocycles. The molecule has 1 N–H and O–H groups in total. The number of aryl methyl sites for hydroxylation is 1. The van der Waals surface area contributed by atoms with E-state index in [0.717, 1.165) is 5.56 Å². The highest BCUT2D eigenvalue weighted by Crippen LogP contribution is 2.24. The summed E-state index contributed by atoms with van der Waals surface area (Å²) in [6, 6.07) is 8.32. The molecular weight excluding hydrogens is 366 g/mol. The summed E-state index contributed by atoms with van der Waals surface area (Å²) in [5.74, 6) is 0.211. The van der Waals surface area contributed by atoms with E-state index >= 15 is 0 Å². The monoisotopic (exact) mass is 391 g/mol. The summed E-state index contributed by atoms with van der Waals surface area (Å²) in [6.45, 7) is 6.40. The summed E-state index contributed by atoms with van der Waals surface area (Å²) >= 11 is 0. The van der Waals surface area contributed by atoms with Gasteiger partial charge < -0.3 is 10.1 Å². The average Bonchev–Trinajstić information content (AvgIpc) is 2.67. The fraction of sp³-hybridized carbons (Fsp3) is 0.368. The van der Waals surface area contributed by atoms with Crippen LogP contribution in [-0.2, 0) is 21.4 Å². The Balaban J connectivity index is 1.97. The number of nitrogens with zero attached hydrogens (tertiary/aromatic N) is 2. The summed E-state index contributed by atoms with van der Waals surface area (Å²) in [4.78, 5) is 16.1. The van der Waals surface area contributed by atoms with Crippen LogP contribution in [0.5, 0.6) is 5.75 Å². The average molecular weight is 391 g/mol. The summed E-state index contributed by atoms with van der Waals surface area (Å²) in [7, 11) is -3.52. The van der Waals surface area contributed by atoms with Crippen molar-refractivity contribution in [2.24, 2.45) is 0 Å². The maximum Gasteiger partial charge on any atom is 0.258 e. The van der Waals surface area contributed by atoms with E-state index < -0.39 is 10.0 Å². The van der Waals surface area contributed by atoms with Gasteiger partial charge in [-0.15, -0.1) is 0 Å². The van der Waals surface area contributed by atoms with Crippen LogP contribution in [0.15, 0.2) is 47.6 Å². The molecule has 146 valence electrons. The van der Waals surface area contributed by atoms with Crippen molar-refractivity contribution >= 4 is 15.9 Å². The van der Waals surface area contributed by atoms with Crippen LogP contribution < -0.4 is 10.1 Å². The van der Waals surface area contributed by atoms with Crippen molar-refractivity contribution in [2.75, 3.05) is 19.7 Å².